The number of benzene rings is 1. The molecule has 8 heteroatoms. The van der Waals surface area contributed by atoms with Crippen molar-refractivity contribution in [3.05, 3.63) is 36.7 Å². The van der Waals surface area contributed by atoms with Crippen molar-refractivity contribution >= 4 is 23.4 Å². The van der Waals surface area contributed by atoms with Crippen LogP contribution >= 0.6 is 11.6 Å². The molecule has 2 aromatic rings. The van der Waals surface area contributed by atoms with Gasteiger partial charge in [0.25, 0.3) is 0 Å². The monoisotopic (exact) mass is 418 g/mol. The van der Waals surface area contributed by atoms with E-state index < -0.39 is 6.09 Å². The van der Waals surface area contributed by atoms with Crippen LogP contribution in [-0.4, -0.2) is 58.5 Å². The van der Waals surface area contributed by atoms with Crippen molar-refractivity contribution in [3.8, 4) is 11.4 Å². The zero-order valence-corrected chi connectivity index (χ0v) is 17.2. The molecule has 1 aromatic heterocycles. The summed E-state index contributed by atoms with van der Waals surface area (Å²) in [7, 11) is 0. The van der Waals surface area contributed by atoms with E-state index in [-0.39, 0.29) is 18.6 Å². The number of hydrogen-bond donors (Lipinski definition) is 1. The molecule has 0 spiro atoms. The molecule has 2 heterocycles. The number of halogens is 1. The van der Waals surface area contributed by atoms with Gasteiger partial charge in [-0.3, -0.25) is 5.32 Å². The molecule has 1 aliphatic carbocycles. The van der Waals surface area contributed by atoms with Gasteiger partial charge in [0.1, 0.15) is 18.5 Å². The number of nitrogens with one attached hydrogen (secondary N) is 1. The Morgan fingerprint density at radius 2 is 1.93 bits per heavy atom. The Morgan fingerprint density at radius 3 is 2.59 bits per heavy atom. The SMILES string of the molecule is O=C(Nc1cnn(-c2ccc(OC3CCN(C4CCC4)CC3)cc2)c1)OCCCl. The molecule has 1 aliphatic heterocycles. The van der Waals surface area contributed by atoms with E-state index in [0.717, 1.165) is 43.4 Å². The number of amides is 1. The van der Waals surface area contributed by atoms with Crippen LogP contribution in [0.25, 0.3) is 5.69 Å². The number of alkyl halides is 1. The fourth-order valence-corrected chi connectivity index (χ4v) is 3.87. The van der Waals surface area contributed by atoms with Gasteiger partial charge in [-0.2, -0.15) is 5.10 Å². The second-order valence-electron chi connectivity index (χ2n) is 7.56. The molecule has 1 saturated carbocycles. The number of aromatic nitrogens is 2. The van der Waals surface area contributed by atoms with Gasteiger partial charge in [-0.05, 0) is 49.9 Å². The van der Waals surface area contributed by atoms with Gasteiger partial charge < -0.3 is 14.4 Å². The summed E-state index contributed by atoms with van der Waals surface area (Å²) in [6.45, 7) is 2.45. The lowest BCUT2D eigenvalue weighted by atomic mass is 9.90. The van der Waals surface area contributed by atoms with Crippen molar-refractivity contribution in [2.75, 3.05) is 30.9 Å². The fraction of sp³-hybridized carbons (Fsp3) is 0.524. The van der Waals surface area contributed by atoms with E-state index in [4.69, 9.17) is 21.1 Å². The van der Waals surface area contributed by atoms with Gasteiger partial charge in [-0.25, -0.2) is 9.48 Å². The second-order valence-corrected chi connectivity index (χ2v) is 7.93. The highest BCUT2D eigenvalue weighted by Crippen LogP contribution is 2.28. The zero-order chi connectivity index (χ0) is 20.1. The van der Waals surface area contributed by atoms with Crippen molar-refractivity contribution in [2.24, 2.45) is 0 Å². The number of rotatable bonds is 7. The number of piperidine rings is 1. The smallest absolute Gasteiger partial charge is 0.411 e. The second kappa shape index (κ2) is 9.50. The van der Waals surface area contributed by atoms with Crippen LogP contribution in [0, 0.1) is 0 Å². The molecule has 156 valence electrons. The fourth-order valence-electron chi connectivity index (χ4n) is 3.79. The minimum atomic E-state index is -0.544. The van der Waals surface area contributed by atoms with Crippen LogP contribution in [0.3, 0.4) is 0 Å². The van der Waals surface area contributed by atoms with Gasteiger partial charge in [-0.15, -0.1) is 11.6 Å². The van der Waals surface area contributed by atoms with Crippen LogP contribution in [0.15, 0.2) is 36.7 Å². The number of likely N-dealkylation sites (tertiary alicyclic amines) is 1. The topological polar surface area (TPSA) is 68.6 Å². The minimum absolute atomic E-state index is 0.169. The van der Waals surface area contributed by atoms with Crippen LogP contribution in [0.4, 0.5) is 10.5 Å². The molecule has 1 aromatic carbocycles. The first-order valence-electron chi connectivity index (χ1n) is 10.3. The molecule has 1 N–H and O–H groups in total. The largest absolute Gasteiger partial charge is 0.490 e. The molecule has 2 aliphatic rings. The average Bonchev–Trinajstić information content (AvgIpc) is 3.15. The van der Waals surface area contributed by atoms with E-state index in [0.29, 0.717) is 5.69 Å². The lowest BCUT2D eigenvalue weighted by Crippen LogP contribution is -2.46. The highest BCUT2D eigenvalue weighted by atomic mass is 35.5. The van der Waals surface area contributed by atoms with E-state index in [1.807, 2.05) is 24.3 Å². The van der Waals surface area contributed by atoms with E-state index in [1.165, 1.54) is 19.3 Å². The first kappa shape index (κ1) is 20.0. The van der Waals surface area contributed by atoms with Crippen LogP contribution < -0.4 is 10.1 Å². The van der Waals surface area contributed by atoms with Crippen LogP contribution in [0.1, 0.15) is 32.1 Å². The van der Waals surface area contributed by atoms with Crippen molar-refractivity contribution in [2.45, 2.75) is 44.2 Å². The number of carbonyl (C=O) groups excluding carboxylic acids is 1. The highest BCUT2D eigenvalue weighted by Gasteiger charge is 2.29. The van der Waals surface area contributed by atoms with Gasteiger partial charge in [0.15, 0.2) is 0 Å². The number of ether oxygens (including phenoxy) is 2. The van der Waals surface area contributed by atoms with Gasteiger partial charge in [0.2, 0.25) is 0 Å². The summed E-state index contributed by atoms with van der Waals surface area (Å²) in [6, 6.07) is 8.68. The van der Waals surface area contributed by atoms with Crippen LogP contribution in [0.5, 0.6) is 5.75 Å². The molecule has 2 fully saturated rings. The van der Waals surface area contributed by atoms with Gasteiger partial charge in [-0.1, -0.05) is 6.42 Å². The van der Waals surface area contributed by atoms with Gasteiger partial charge >= 0.3 is 6.09 Å². The standard InChI is InChI=1S/C21H27ClN4O3/c22-10-13-28-21(27)24-16-14-23-26(15-16)18-4-6-19(7-5-18)29-20-8-11-25(12-9-20)17-2-1-3-17/h4-7,14-15,17,20H,1-3,8-13H2,(H,24,27). The van der Waals surface area contributed by atoms with E-state index in [9.17, 15) is 4.79 Å². The molecule has 0 unspecified atom stereocenters. The Labute approximate surface area is 175 Å². The summed E-state index contributed by atoms with van der Waals surface area (Å²) < 4.78 is 12.8. The summed E-state index contributed by atoms with van der Waals surface area (Å²) in [4.78, 5) is 14.2. The zero-order valence-electron chi connectivity index (χ0n) is 16.4. The summed E-state index contributed by atoms with van der Waals surface area (Å²) in [6.07, 6.45) is 9.35. The highest BCUT2D eigenvalue weighted by molar-refractivity contribution is 6.18. The van der Waals surface area contributed by atoms with Crippen molar-refractivity contribution < 1.29 is 14.3 Å². The van der Waals surface area contributed by atoms with E-state index >= 15 is 0 Å². The van der Waals surface area contributed by atoms with Crippen molar-refractivity contribution in [1.29, 1.82) is 0 Å². The molecule has 0 atom stereocenters. The molecule has 4 rings (SSSR count). The molecular weight excluding hydrogens is 392 g/mol. The first-order chi connectivity index (χ1) is 14.2. The number of carbonyl (C=O) groups is 1. The Hall–Kier alpha value is -2.25. The number of anilines is 1. The summed E-state index contributed by atoms with van der Waals surface area (Å²) in [5.74, 6) is 1.15. The average molecular weight is 419 g/mol. The lowest BCUT2D eigenvalue weighted by Gasteiger charge is -2.41. The summed E-state index contributed by atoms with van der Waals surface area (Å²) in [5.41, 5.74) is 1.45. The Bertz CT molecular complexity index is 799. The predicted octanol–water partition coefficient (Wildman–Crippen LogP) is 4.06. The minimum Gasteiger partial charge on any atom is -0.490 e. The molecule has 0 bridgehead atoms. The Morgan fingerprint density at radius 1 is 1.17 bits per heavy atom. The van der Waals surface area contributed by atoms with Crippen LogP contribution in [0.2, 0.25) is 0 Å². The maximum Gasteiger partial charge on any atom is 0.411 e. The summed E-state index contributed by atoms with van der Waals surface area (Å²) >= 11 is 5.50. The van der Waals surface area contributed by atoms with Crippen molar-refractivity contribution in [3.63, 3.8) is 0 Å². The third-order valence-corrected chi connectivity index (χ3v) is 5.77. The normalized spacial score (nSPS) is 18.2. The third kappa shape index (κ3) is 5.22. The lowest BCUT2D eigenvalue weighted by molar-refractivity contribution is 0.0493. The van der Waals surface area contributed by atoms with E-state index in [1.54, 1.807) is 17.1 Å². The maximum atomic E-state index is 11.6. The molecule has 1 saturated heterocycles. The van der Waals surface area contributed by atoms with Crippen molar-refractivity contribution in [1.82, 2.24) is 14.7 Å². The summed E-state index contributed by atoms with van der Waals surface area (Å²) in [5, 5.41) is 6.90. The number of nitrogens with zero attached hydrogens (tertiary/aromatic N) is 3. The predicted molar refractivity (Wildman–Crippen MR) is 112 cm³/mol. The van der Waals surface area contributed by atoms with Crippen LogP contribution in [-0.2, 0) is 4.74 Å². The molecular formula is C21H27ClN4O3. The number of hydrogen-bond acceptors (Lipinski definition) is 5. The van der Waals surface area contributed by atoms with Gasteiger partial charge in [0.05, 0.1) is 29.6 Å². The molecule has 1 amide bonds. The molecule has 0 radical (unpaired) electrons. The van der Waals surface area contributed by atoms with E-state index in [2.05, 4.69) is 15.3 Å². The quantitative estimate of drug-likeness (QED) is 0.687. The molecule has 7 nitrogen and oxygen atoms in total. The third-order valence-electron chi connectivity index (χ3n) is 5.61. The van der Waals surface area contributed by atoms with Gasteiger partial charge in [0, 0.05) is 19.1 Å². The molecule has 29 heavy (non-hydrogen) atoms. The first-order valence-corrected chi connectivity index (χ1v) is 10.8. The Kier molecular flexibility index (Phi) is 6.56. The Balaban J connectivity index is 1.27. The maximum absolute atomic E-state index is 11.6.